The molecule has 2 heterocycles. The highest BCUT2D eigenvalue weighted by Gasteiger charge is 2.07. The van der Waals surface area contributed by atoms with Gasteiger partial charge in [0.15, 0.2) is 0 Å². The van der Waals surface area contributed by atoms with Gasteiger partial charge in [0.25, 0.3) is 0 Å². The fourth-order valence-electron chi connectivity index (χ4n) is 2.84. The van der Waals surface area contributed by atoms with Crippen LogP contribution in [-0.4, -0.2) is 15.0 Å². The summed E-state index contributed by atoms with van der Waals surface area (Å²) < 4.78 is 0. The Balaban J connectivity index is 1.57. The summed E-state index contributed by atoms with van der Waals surface area (Å²) in [5.41, 5.74) is 4.26. The van der Waals surface area contributed by atoms with Gasteiger partial charge in [0, 0.05) is 37.1 Å². The second kappa shape index (κ2) is 8.77. The zero-order valence-electron chi connectivity index (χ0n) is 15.4. The molecule has 4 rings (SSSR count). The lowest BCUT2D eigenvalue weighted by Gasteiger charge is -2.12. The molecular weight excluding hydrogens is 346 g/mol. The maximum Gasteiger partial charge on any atom is 0.225 e. The van der Waals surface area contributed by atoms with Crippen molar-refractivity contribution >= 4 is 11.8 Å². The molecule has 5 nitrogen and oxygen atoms in total. The highest BCUT2D eigenvalue weighted by Crippen LogP contribution is 2.22. The van der Waals surface area contributed by atoms with Gasteiger partial charge in [-0.3, -0.25) is 4.98 Å². The Labute approximate surface area is 164 Å². The van der Waals surface area contributed by atoms with Crippen LogP contribution >= 0.6 is 0 Å². The van der Waals surface area contributed by atoms with Crippen LogP contribution in [-0.2, 0) is 13.1 Å². The van der Waals surface area contributed by atoms with Crippen LogP contribution in [0.25, 0.3) is 11.3 Å². The molecular formula is C23H21N5. The van der Waals surface area contributed by atoms with Gasteiger partial charge in [0.05, 0.1) is 5.69 Å². The van der Waals surface area contributed by atoms with Gasteiger partial charge in [-0.1, -0.05) is 60.7 Å². The first-order chi connectivity index (χ1) is 13.9. The highest BCUT2D eigenvalue weighted by atomic mass is 15.1. The van der Waals surface area contributed by atoms with E-state index in [4.69, 9.17) is 4.98 Å². The van der Waals surface area contributed by atoms with Crippen molar-refractivity contribution in [3.8, 4) is 11.3 Å². The van der Waals surface area contributed by atoms with Crippen LogP contribution in [0.15, 0.2) is 91.3 Å². The predicted molar refractivity (Wildman–Crippen MR) is 113 cm³/mol. The number of rotatable bonds is 7. The summed E-state index contributed by atoms with van der Waals surface area (Å²) >= 11 is 0. The molecule has 0 bridgehead atoms. The van der Waals surface area contributed by atoms with Crippen molar-refractivity contribution in [3.63, 3.8) is 0 Å². The SMILES string of the molecule is c1ccc(CNc2nc(NCc3ccncc3)cc(-c3ccccc3)n2)cc1. The third-order valence-electron chi connectivity index (χ3n) is 4.31. The van der Waals surface area contributed by atoms with Crippen LogP contribution < -0.4 is 10.6 Å². The van der Waals surface area contributed by atoms with E-state index in [2.05, 4.69) is 44.9 Å². The molecule has 0 amide bonds. The van der Waals surface area contributed by atoms with Gasteiger partial charge in [-0.05, 0) is 23.3 Å². The van der Waals surface area contributed by atoms with Gasteiger partial charge < -0.3 is 10.6 Å². The summed E-state index contributed by atoms with van der Waals surface area (Å²) in [6.45, 7) is 1.34. The Morgan fingerprint density at radius 2 is 1.29 bits per heavy atom. The van der Waals surface area contributed by atoms with E-state index in [-0.39, 0.29) is 0 Å². The van der Waals surface area contributed by atoms with Crippen molar-refractivity contribution in [1.29, 1.82) is 0 Å². The first kappa shape index (κ1) is 17.7. The molecule has 0 radical (unpaired) electrons. The Bertz CT molecular complexity index is 943. The van der Waals surface area contributed by atoms with Crippen molar-refractivity contribution in [3.05, 3.63) is 102 Å². The summed E-state index contributed by atoms with van der Waals surface area (Å²) in [5.74, 6) is 1.38. The van der Waals surface area contributed by atoms with Gasteiger partial charge in [-0.15, -0.1) is 0 Å². The van der Waals surface area contributed by atoms with Crippen LogP contribution in [0.4, 0.5) is 11.8 Å². The molecule has 0 aliphatic heterocycles. The van der Waals surface area contributed by atoms with Crippen molar-refractivity contribution in [2.75, 3.05) is 10.6 Å². The molecule has 0 atom stereocenters. The van der Waals surface area contributed by atoms with E-state index in [1.54, 1.807) is 12.4 Å². The Morgan fingerprint density at radius 3 is 2.04 bits per heavy atom. The molecule has 28 heavy (non-hydrogen) atoms. The molecule has 0 saturated carbocycles. The number of anilines is 2. The predicted octanol–water partition coefficient (Wildman–Crippen LogP) is 4.76. The zero-order chi connectivity index (χ0) is 19.0. The molecule has 2 aromatic carbocycles. The molecule has 0 fully saturated rings. The molecule has 0 spiro atoms. The van der Waals surface area contributed by atoms with Gasteiger partial charge in [-0.25, -0.2) is 4.98 Å². The number of hydrogen-bond acceptors (Lipinski definition) is 5. The fraction of sp³-hybridized carbons (Fsp3) is 0.0870. The normalized spacial score (nSPS) is 10.4. The van der Waals surface area contributed by atoms with Gasteiger partial charge in [0.2, 0.25) is 5.95 Å². The summed E-state index contributed by atoms with van der Waals surface area (Å²) in [6, 6.07) is 26.3. The first-order valence-corrected chi connectivity index (χ1v) is 9.22. The standard InChI is InChI=1S/C23H21N5/c1-3-7-18(8-4-1)17-26-23-27-21(20-9-5-2-6-10-20)15-22(28-23)25-16-19-11-13-24-14-12-19/h1-15H,16-17H2,(H2,25,26,27,28). The van der Waals surface area contributed by atoms with Crippen molar-refractivity contribution < 1.29 is 0 Å². The maximum atomic E-state index is 4.70. The monoisotopic (exact) mass is 367 g/mol. The lowest BCUT2D eigenvalue weighted by molar-refractivity contribution is 1.03. The number of nitrogens with one attached hydrogen (secondary N) is 2. The van der Waals surface area contributed by atoms with E-state index in [9.17, 15) is 0 Å². The van der Waals surface area contributed by atoms with Gasteiger partial charge >= 0.3 is 0 Å². The summed E-state index contributed by atoms with van der Waals surface area (Å²) in [6.07, 6.45) is 3.58. The molecule has 138 valence electrons. The number of pyridine rings is 1. The summed E-state index contributed by atoms with van der Waals surface area (Å²) in [4.78, 5) is 13.4. The van der Waals surface area contributed by atoms with Crippen LogP contribution in [0.1, 0.15) is 11.1 Å². The van der Waals surface area contributed by atoms with Crippen LogP contribution in [0.5, 0.6) is 0 Å². The van der Waals surface area contributed by atoms with E-state index < -0.39 is 0 Å². The zero-order valence-corrected chi connectivity index (χ0v) is 15.4. The maximum absolute atomic E-state index is 4.70. The topological polar surface area (TPSA) is 62.7 Å². The average molecular weight is 367 g/mol. The Kier molecular flexibility index (Phi) is 5.54. The Hall–Kier alpha value is -3.73. The number of hydrogen-bond donors (Lipinski definition) is 2. The molecule has 2 N–H and O–H groups in total. The van der Waals surface area contributed by atoms with E-state index in [0.717, 1.165) is 22.6 Å². The molecule has 0 aliphatic rings. The van der Waals surface area contributed by atoms with Crippen LogP contribution in [0.3, 0.4) is 0 Å². The highest BCUT2D eigenvalue weighted by molar-refractivity contribution is 5.64. The lowest BCUT2D eigenvalue weighted by Crippen LogP contribution is -2.08. The molecule has 4 aromatic rings. The lowest BCUT2D eigenvalue weighted by atomic mass is 10.1. The number of aromatic nitrogens is 3. The number of benzene rings is 2. The summed E-state index contributed by atoms with van der Waals surface area (Å²) in [7, 11) is 0. The van der Waals surface area contributed by atoms with E-state index >= 15 is 0 Å². The first-order valence-electron chi connectivity index (χ1n) is 9.22. The minimum atomic E-state index is 0.599. The van der Waals surface area contributed by atoms with Crippen molar-refractivity contribution in [2.24, 2.45) is 0 Å². The van der Waals surface area contributed by atoms with Crippen LogP contribution in [0.2, 0.25) is 0 Å². The van der Waals surface area contributed by atoms with E-state index in [0.29, 0.717) is 19.0 Å². The molecule has 5 heteroatoms. The third-order valence-corrected chi connectivity index (χ3v) is 4.31. The quantitative estimate of drug-likeness (QED) is 0.493. The van der Waals surface area contributed by atoms with E-state index in [1.807, 2.05) is 54.6 Å². The van der Waals surface area contributed by atoms with Crippen LogP contribution in [0, 0.1) is 0 Å². The smallest absolute Gasteiger partial charge is 0.225 e. The molecule has 0 aliphatic carbocycles. The fourth-order valence-corrected chi connectivity index (χ4v) is 2.84. The second-order valence-corrected chi connectivity index (χ2v) is 6.38. The van der Waals surface area contributed by atoms with Gasteiger partial charge in [0.1, 0.15) is 5.82 Å². The summed E-state index contributed by atoms with van der Waals surface area (Å²) in [5, 5.41) is 6.73. The molecule has 0 unspecified atom stereocenters. The van der Waals surface area contributed by atoms with Gasteiger partial charge in [-0.2, -0.15) is 4.98 Å². The largest absolute Gasteiger partial charge is 0.366 e. The van der Waals surface area contributed by atoms with Crippen molar-refractivity contribution in [1.82, 2.24) is 15.0 Å². The Morgan fingerprint density at radius 1 is 0.643 bits per heavy atom. The second-order valence-electron chi connectivity index (χ2n) is 6.38. The van der Waals surface area contributed by atoms with E-state index in [1.165, 1.54) is 5.56 Å². The average Bonchev–Trinajstić information content (AvgIpc) is 2.78. The minimum absolute atomic E-state index is 0.599. The molecule has 0 saturated heterocycles. The molecule has 2 aromatic heterocycles. The third kappa shape index (κ3) is 4.71. The number of nitrogens with zero attached hydrogens (tertiary/aromatic N) is 3. The van der Waals surface area contributed by atoms with Crippen molar-refractivity contribution in [2.45, 2.75) is 13.1 Å². The minimum Gasteiger partial charge on any atom is -0.366 e.